The van der Waals surface area contributed by atoms with Crippen molar-refractivity contribution in [3.8, 4) is 17.3 Å². The van der Waals surface area contributed by atoms with E-state index in [1.807, 2.05) is 30.3 Å². The van der Waals surface area contributed by atoms with Gasteiger partial charge >= 0.3 is 0 Å². The molecule has 5 heteroatoms. The summed E-state index contributed by atoms with van der Waals surface area (Å²) in [6, 6.07) is 9.54. The average molecular weight is 219 g/mol. The summed E-state index contributed by atoms with van der Waals surface area (Å²) in [7, 11) is 0. The van der Waals surface area contributed by atoms with E-state index in [0.717, 1.165) is 11.1 Å². The fraction of sp³-hybridized carbons (Fsp3) is 0.100. The zero-order valence-electron chi connectivity index (χ0n) is 7.74. The zero-order valence-corrected chi connectivity index (χ0v) is 8.49. The summed E-state index contributed by atoms with van der Waals surface area (Å²) in [5.41, 5.74) is 2.82. The number of hydrogen-bond donors (Lipinski definition) is 1. The molecule has 0 aliphatic carbocycles. The summed E-state index contributed by atoms with van der Waals surface area (Å²) in [4.78, 5) is 0. The Hall–Kier alpha value is -1.86. The van der Waals surface area contributed by atoms with Gasteiger partial charge in [-0.1, -0.05) is 29.5 Å². The standard InChI is InChI=1S/C10H7ClN4/c11-5-7-1-3-8(4-2-7)10-9(6-12)13-15-14-10/h1-4H,5H2,(H,13,14,15). The minimum absolute atomic E-state index is 0.369. The van der Waals surface area contributed by atoms with Gasteiger partial charge in [0.25, 0.3) is 0 Å². The third-order valence-corrected chi connectivity index (χ3v) is 2.35. The largest absolute Gasteiger partial charge is 0.247 e. The van der Waals surface area contributed by atoms with Crippen molar-refractivity contribution < 1.29 is 0 Å². The van der Waals surface area contributed by atoms with Crippen molar-refractivity contribution >= 4 is 11.6 Å². The van der Waals surface area contributed by atoms with Gasteiger partial charge in [0.2, 0.25) is 0 Å². The van der Waals surface area contributed by atoms with Gasteiger partial charge in [-0.3, -0.25) is 0 Å². The van der Waals surface area contributed by atoms with Crippen LogP contribution in [-0.4, -0.2) is 15.4 Å². The molecule has 4 nitrogen and oxygen atoms in total. The van der Waals surface area contributed by atoms with Crippen LogP contribution in [-0.2, 0) is 5.88 Å². The first-order valence-electron chi connectivity index (χ1n) is 4.31. The quantitative estimate of drug-likeness (QED) is 0.785. The predicted octanol–water partition coefficient (Wildman–Crippen LogP) is 2.08. The molecule has 0 saturated carbocycles. The number of rotatable bonds is 2. The van der Waals surface area contributed by atoms with E-state index in [0.29, 0.717) is 17.3 Å². The van der Waals surface area contributed by atoms with Crippen LogP contribution in [0.1, 0.15) is 11.3 Å². The zero-order chi connectivity index (χ0) is 10.7. The summed E-state index contributed by atoms with van der Waals surface area (Å²) in [5, 5.41) is 18.8. The number of alkyl halides is 1. The summed E-state index contributed by atoms with van der Waals surface area (Å²) in [6.07, 6.45) is 0. The van der Waals surface area contributed by atoms with Gasteiger partial charge < -0.3 is 0 Å². The maximum Gasteiger partial charge on any atom is 0.163 e. The highest BCUT2D eigenvalue weighted by atomic mass is 35.5. The van der Waals surface area contributed by atoms with Crippen molar-refractivity contribution in [3.05, 3.63) is 35.5 Å². The van der Waals surface area contributed by atoms with Crippen molar-refractivity contribution in [2.75, 3.05) is 0 Å². The second kappa shape index (κ2) is 4.11. The van der Waals surface area contributed by atoms with Gasteiger partial charge in [0, 0.05) is 11.4 Å². The first-order chi connectivity index (χ1) is 7.35. The molecule has 0 fully saturated rings. The molecule has 1 heterocycles. The topological polar surface area (TPSA) is 65.4 Å². The van der Waals surface area contributed by atoms with Crippen LogP contribution in [0.2, 0.25) is 0 Å². The number of nitriles is 1. The molecule has 1 aromatic carbocycles. The number of hydrogen-bond acceptors (Lipinski definition) is 3. The van der Waals surface area contributed by atoms with Crippen molar-refractivity contribution in [2.24, 2.45) is 0 Å². The number of benzene rings is 1. The van der Waals surface area contributed by atoms with E-state index in [-0.39, 0.29) is 0 Å². The van der Waals surface area contributed by atoms with E-state index >= 15 is 0 Å². The third kappa shape index (κ3) is 1.83. The van der Waals surface area contributed by atoms with E-state index in [4.69, 9.17) is 16.9 Å². The lowest BCUT2D eigenvalue weighted by atomic mass is 10.1. The fourth-order valence-corrected chi connectivity index (χ4v) is 1.44. The van der Waals surface area contributed by atoms with Crippen LogP contribution in [0, 0.1) is 11.3 Å². The van der Waals surface area contributed by atoms with Crippen LogP contribution in [0.4, 0.5) is 0 Å². The molecule has 2 aromatic rings. The van der Waals surface area contributed by atoms with Gasteiger partial charge in [0.15, 0.2) is 5.69 Å². The van der Waals surface area contributed by atoms with E-state index in [2.05, 4.69) is 15.4 Å². The van der Waals surface area contributed by atoms with Gasteiger partial charge in [-0.25, -0.2) is 5.10 Å². The van der Waals surface area contributed by atoms with E-state index in [1.54, 1.807) is 0 Å². The molecule has 0 aliphatic heterocycles. The molecule has 0 amide bonds. The number of nitrogens with one attached hydrogen (secondary N) is 1. The van der Waals surface area contributed by atoms with Gasteiger partial charge in [-0.05, 0) is 5.56 Å². The lowest BCUT2D eigenvalue weighted by Crippen LogP contribution is -1.83. The van der Waals surface area contributed by atoms with Crippen molar-refractivity contribution in [3.63, 3.8) is 0 Å². The molecular formula is C10H7ClN4. The van der Waals surface area contributed by atoms with Crippen LogP contribution in [0.15, 0.2) is 24.3 Å². The minimum atomic E-state index is 0.369. The molecule has 0 saturated heterocycles. The summed E-state index contributed by atoms with van der Waals surface area (Å²) < 4.78 is 0. The van der Waals surface area contributed by atoms with Crippen LogP contribution in [0.3, 0.4) is 0 Å². The van der Waals surface area contributed by atoms with E-state index in [1.165, 1.54) is 0 Å². The molecule has 1 aromatic heterocycles. The Balaban J connectivity index is 2.42. The highest BCUT2D eigenvalue weighted by Gasteiger charge is 2.08. The second-order valence-electron chi connectivity index (χ2n) is 2.98. The number of aromatic amines is 1. The normalized spacial score (nSPS) is 9.87. The molecule has 0 bridgehead atoms. The monoisotopic (exact) mass is 218 g/mol. The molecule has 2 rings (SSSR count). The summed E-state index contributed by atoms with van der Waals surface area (Å²) >= 11 is 5.68. The van der Waals surface area contributed by atoms with E-state index in [9.17, 15) is 0 Å². The molecule has 0 unspecified atom stereocenters. The van der Waals surface area contributed by atoms with Crippen LogP contribution in [0.5, 0.6) is 0 Å². The number of aromatic nitrogens is 3. The molecule has 0 atom stereocenters. The lowest BCUT2D eigenvalue weighted by Gasteiger charge is -1.98. The minimum Gasteiger partial charge on any atom is -0.247 e. The highest BCUT2D eigenvalue weighted by molar-refractivity contribution is 6.17. The van der Waals surface area contributed by atoms with Gasteiger partial charge in [0.1, 0.15) is 11.8 Å². The lowest BCUT2D eigenvalue weighted by molar-refractivity contribution is 0.937. The Kier molecular flexibility index (Phi) is 2.66. The summed E-state index contributed by atoms with van der Waals surface area (Å²) in [5.74, 6) is 0.476. The maximum absolute atomic E-state index is 8.79. The van der Waals surface area contributed by atoms with Crippen LogP contribution >= 0.6 is 11.6 Å². The molecule has 0 spiro atoms. The average Bonchev–Trinajstić information content (AvgIpc) is 2.77. The Morgan fingerprint density at radius 1 is 1.33 bits per heavy atom. The Morgan fingerprint density at radius 2 is 2.07 bits per heavy atom. The summed E-state index contributed by atoms with van der Waals surface area (Å²) in [6.45, 7) is 0. The van der Waals surface area contributed by atoms with E-state index < -0.39 is 0 Å². The highest BCUT2D eigenvalue weighted by Crippen LogP contribution is 2.19. The predicted molar refractivity (Wildman–Crippen MR) is 56.1 cm³/mol. The molecule has 0 radical (unpaired) electrons. The first-order valence-corrected chi connectivity index (χ1v) is 4.85. The molecular weight excluding hydrogens is 212 g/mol. The Morgan fingerprint density at radius 3 is 2.67 bits per heavy atom. The number of nitrogens with zero attached hydrogens (tertiary/aromatic N) is 3. The SMILES string of the molecule is N#Cc1[nH]nnc1-c1ccc(CCl)cc1. The van der Waals surface area contributed by atoms with Crippen molar-refractivity contribution in [2.45, 2.75) is 5.88 Å². The Bertz CT molecular complexity index is 495. The maximum atomic E-state index is 8.79. The second-order valence-corrected chi connectivity index (χ2v) is 3.25. The van der Waals surface area contributed by atoms with Gasteiger partial charge in [0.05, 0.1) is 0 Å². The van der Waals surface area contributed by atoms with Crippen molar-refractivity contribution in [1.82, 2.24) is 15.4 Å². The van der Waals surface area contributed by atoms with Gasteiger partial charge in [-0.15, -0.1) is 16.7 Å². The first kappa shape index (κ1) is 9.69. The molecule has 1 N–H and O–H groups in total. The smallest absolute Gasteiger partial charge is 0.163 e. The fourth-order valence-electron chi connectivity index (χ4n) is 1.26. The number of H-pyrrole nitrogens is 1. The Labute approximate surface area is 91.5 Å². The molecule has 74 valence electrons. The third-order valence-electron chi connectivity index (χ3n) is 2.04. The van der Waals surface area contributed by atoms with Crippen LogP contribution in [0.25, 0.3) is 11.3 Å². The van der Waals surface area contributed by atoms with Gasteiger partial charge in [-0.2, -0.15) is 5.26 Å². The van der Waals surface area contributed by atoms with Crippen molar-refractivity contribution in [1.29, 1.82) is 5.26 Å². The van der Waals surface area contributed by atoms with Crippen LogP contribution < -0.4 is 0 Å². The molecule has 15 heavy (non-hydrogen) atoms. The number of halogens is 1. The molecule has 0 aliphatic rings.